The third-order valence-corrected chi connectivity index (χ3v) is 2.31. The first-order valence-corrected chi connectivity index (χ1v) is 3.82. The number of halogens is 3. The van der Waals surface area contributed by atoms with Gasteiger partial charge in [-0.1, -0.05) is 0 Å². The summed E-state index contributed by atoms with van der Waals surface area (Å²) >= 11 is 13.9. The van der Waals surface area contributed by atoms with Crippen LogP contribution in [0.5, 0.6) is 0 Å². The van der Waals surface area contributed by atoms with Crippen LogP contribution in [0.3, 0.4) is 0 Å². The van der Waals surface area contributed by atoms with E-state index in [0.29, 0.717) is 9.20 Å². The molecule has 0 saturated heterocycles. The largest absolute Gasteiger partial charge is 0.617 e. The number of hydrogen-bond acceptors (Lipinski definition) is 1. The number of hydrogen-bond donors (Lipinski definition) is 0. The zero-order chi connectivity index (χ0) is 7.72. The molecule has 1 heterocycles. The molecule has 0 fully saturated rings. The maximum Gasteiger partial charge on any atom is 0.302 e. The highest BCUT2D eigenvalue weighted by molar-refractivity contribution is 9.10. The average Bonchev–Trinajstić information content (AvgIpc) is 1.93. The Balaban J connectivity index is 3.34. The van der Waals surface area contributed by atoms with Crippen molar-refractivity contribution in [2.45, 2.75) is 0 Å². The van der Waals surface area contributed by atoms with E-state index in [-0.39, 0.29) is 10.3 Å². The summed E-state index contributed by atoms with van der Waals surface area (Å²) in [7, 11) is 0. The second kappa shape index (κ2) is 2.95. The number of pyridine rings is 1. The van der Waals surface area contributed by atoms with Gasteiger partial charge in [0.15, 0.2) is 0 Å². The summed E-state index contributed by atoms with van der Waals surface area (Å²) in [6, 6.07) is 3.98. The van der Waals surface area contributed by atoms with Crippen LogP contribution in [0.1, 0.15) is 0 Å². The van der Waals surface area contributed by atoms with Crippen LogP contribution in [-0.4, -0.2) is 0 Å². The number of nitrogens with zero attached hydrogens (tertiary/aromatic N) is 1. The van der Waals surface area contributed by atoms with Crippen LogP contribution >= 0.6 is 39.1 Å². The molecule has 0 amide bonds. The molecule has 0 saturated carbocycles. The minimum absolute atomic E-state index is 0.00694. The van der Waals surface area contributed by atoms with E-state index in [1.54, 1.807) is 0 Å². The van der Waals surface area contributed by atoms with Gasteiger partial charge in [-0.25, -0.2) is 0 Å². The Morgan fingerprint density at radius 3 is 2.70 bits per heavy atom. The zero-order valence-corrected chi connectivity index (χ0v) is 7.66. The molecule has 0 unspecified atom stereocenters. The van der Waals surface area contributed by atoms with Crippen LogP contribution in [0.4, 0.5) is 0 Å². The van der Waals surface area contributed by atoms with Crippen molar-refractivity contribution in [3.63, 3.8) is 0 Å². The Kier molecular flexibility index (Phi) is 2.39. The fourth-order valence-electron chi connectivity index (χ4n) is 0.424. The first-order chi connectivity index (χ1) is 4.63. The van der Waals surface area contributed by atoms with Gasteiger partial charge in [-0.2, -0.15) is 0 Å². The van der Waals surface area contributed by atoms with E-state index < -0.39 is 0 Å². The summed E-state index contributed by atoms with van der Waals surface area (Å²) in [5, 5.41) is 10.8. The predicted molar refractivity (Wildman–Crippen MR) is 42.0 cm³/mol. The molecule has 1 rings (SSSR count). The zero-order valence-electron chi connectivity index (χ0n) is 4.57. The lowest BCUT2D eigenvalue weighted by Crippen LogP contribution is -2.29. The van der Waals surface area contributed by atoms with Gasteiger partial charge >= 0.3 is 5.15 Å². The second-order valence-corrected chi connectivity index (χ2v) is 3.05. The number of aromatic nitrogens is 1. The van der Waals surface area contributed by atoms with E-state index in [9.17, 15) is 5.21 Å². The molecular formula is C5HBrCl2NO. The van der Waals surface area contributed by atoms with Crippen molar-refractivity contribution in [2.75, 3.05) is 0 Å². The SMILES string of the molecule is [O-][n+]1c(Cl)c[c]c(Br)c1Cl. The summed E-state index contributed by atoms with van der Waals surface area (Å²) in [6.07, 6.45) is 0. The van der Waals surface area contributed by atoms with Gasteiger partial charge in [0, 0.05) is 12.1 Å². The predicted octanol–water partition coefficient (Wildman–Crippen LogP) is 2.19. The Hall–Kier alpha value is 0.01000. The van der Waals surface area contributed by atoms with Gasteiger partial charge in [0.25, 0.3) is 5.15 Å². The summed E-state index contributed by atoms with van der Waals surface area (Å²) in [4.78, 5) is 0. The van der Waals surface area contributed by atoms with Crippen molar-refractivity contribution in [3.05, 3.63) is 32.1 Å². The van der Waals surface area contributed by atoms with Crippen molar-refractivity contribution in [2.24, 2.45) is 0 Å². The maximum absolute atomic E-state index is 10.8. The van der Waals surface area contributed by atoms with Crippen molar-refractivity contribution >= 4 is 39.1 Å². The molecule has 1 aromatic rings. The fourth-order valence-corrected chi connectivity index (χ4v) is 1.03. The van der Waals surface area contributed by atoms with Gasteiger partial charge in [-0.15, -0.1) is 4.73 Å². The monoisotopic (exact) mass is 240 g/mol. The van der Waals surface area contributed by atoms with Crippen molar-refractivity contribution in [1.82, 2.24) is 0 Å². The fraction of sp³-hybridized carbons (Fsp3) is 0. The van der Waals surface area contributed by atoms with E-state index in [0.717, 1.165) is 0 Å². The van der Waals surface area contributed by atoms with Gasteiger partial charge in [0.1, 0.15) is 4.47 Å². The summed E-state index contributed by atoms with van der Waals surface area (Å²) < 4.78 is 0.817. The molecule has 53 valence electrons. The topological polar surface area (TPSA) is 26.9 Å². The summed E-state index contributed by atoms with van der Waals surface area (Å²) in [6.45, 7) is 0. The van der Waals surface area contributed by atoms with Crippen LogP contribution in [0.25, 0.3) is 0 Å². The van der Waals surface area contributed by atoms with Crippen LogP contribution < -0.4 is 4.73 Å². The van der Waals surface area contributed by atoms with Crippen LogP contribution in [0.2, 0.25) is 10.3 Å². The van der Waals surface area contributed by atoms with Crippen molar-refractivity contribution in [1.29, 1.82) is 0 Å². The lowest BCUT2D eigenvalue weighted by atomic mass is 10.5. The van der Waals surface area contributed by atoms with E-state index in [4.69, 9.17) is 23.2 Å². The second-order valence-electron chi connectivity index (χ2n) is 1.51. The van der Waals surface area contributed by atoms with Gasteiger partial charge in [0.05, 0.1) is 0 Å². The lowest BCUT2D eigenvalue weighted by Gasteiger charge is -1.99. The molecule has 1 radical (unpaired) electrons. The van der Waals surface area contributed by atoms with E-state index in [1.165, 1.54) is 6.07 Å². The lowest BCUT2D eigenvalue weighted by molar-refractivity contribution is -0.601. The van der Waals surface area contributed by atoms with E-state index in [1.807, 2.05) is 0 Å². The third-order valence-electron chi connectivity index (χ3n) is 0.871. The minimum atomic E-state index is -0.00694. The highest BCUT2D eigenvalue weighted by atomic mass is 79.9. The molecule has 5 heteroatoms. The van der Waals surface area contributed by atoms with E-state index >= 15 is 0 Å². The molecule has 0 aliphatic heterocycles. The first-order valence-electron chi connectivity index (χ1n) is 2.27. The molecule has 0 aliphatic rings. The Morgan fingerprint density at radius 2 is 2.20 bits per heavy atom. The van der Waals surface area contributed by atoms with E-state index in [2.05, 4.69) is 22.0 Å². The Morgan fingerprint density at radius 1 is 1.60 bits per heavy atom. The molecule has 1 aromatic heterocycles. The van der Waals surface area contributed by atoms with Gasteiger partial charge < -0.3 is 5.21 Å². The standard InChI is InChI=1S/C5HBrCl2NO/c6-3-1-2-4(7)9(10)5(3)8/h2H. The van der Waals surface area contributed by atoms with Crippen LogP contribution in [-0.2, 0) is 0 Å². The van der Waals surface area contributed by atoms with Crippen molar-refractivity contribution < 1.29 is 4.73 Å². The van der Waals surface area contributed by atoms with Gasteiger partial charge in [-0.3, -0.25) is 0 Å². The molecule has 0 atom stereocenters. The van der Waals surface area contributed by atoms with Crippen LogP contribution in [0.15, 0.2) is 10.5 Å². The third kappa shape index (κ3) is 1.36. The Labute approximate surface area is 76.1 Å². The molecule has 0 N–H and O–H groups in total. The highest BCUT2D eigenvalue weighted by Gasteiger charge is 2.10. The molecular weight excluding hydrogens is 241 g/mol. The molecule has 0 aromatic carbocycles. The highest BCUT2D eigenvalue weighted by Crippen LogP contribution is 2.18. The molecule has 2 nitrogen and oxygen atoms in total. The average molecular weight is 242 g/mol. The summed E-state index contributed by atoms with van der Waals surface area (Å²) in [5.74, 6) is 0. The maximum atomic E-state index is 10.8. The first kappa shape index (κ1) is 8.11. The van der Waals surface area contributed by atoms with Gasteiger partial charge in [0.2, 0.25) is 0 Å². The minimum Gasteiger partial charge on any atom is -0.617 e. The molecule has 10 heavy (non-hydrogen) atoms. The number of rotatable bonds is 0. The normalized spacial score (nSPS) is 9.90. The van der Waals surface area contributed by atoms with Crippen LogP contribution in [0, 0.1) is 11.3 Å². The quantitative estimate of drug-likeness (QED) is 0.389. The molecule has 0 aliphatic carbocycles. The summed E-state index contributed by atoms with van der Waals surface area (Å²) in [5.41, 5.74) is 0. The molecule has 0 bridgehead atoms. The van der Waals surface area contributed by atoms with Gasteiger partial charge in [-0.05, 0) is 39.1 Å². The Bertz CT molecular complexity index is 239. The van der Waals surface area contributed by atoms with Crippen molar-refractivity contribution in [3.8, 4) is 0 Å². The smallest absolute Gasteiger partial charge is 0.302 e. The molecule has 0 spiro atoms.